The Bertz CT molecular complexity index is 941. The zero-order chi connectivity index (χ0) is 17.2. The molecule has 0 saturated heterocycles. The number of aromatic nitrogens is 3. The Hall–Kier alpha value is -2.85. The van der Waals surface area contributed by atoms with Gasteiger partial charge in [-0.3, -0.25) is 5.32 Å². The van der Waals surface area contributed by atoms with Crippen molar-refractivity contribution in [3.8, 4) is 11.8 Å². The van der Waals surface area contributed by atoms with Gasteiger partial charge in [-0.15, -0.1) is 11.3 Å². The number of anilines is 1. The predicted molar refractivity (Wildman–Crippen MR) is 94.0 cm³/mol. The average molecular weight is 340 g/mol. The van der Waals surface area contributed by atoms with E-state index in [1.807, 2.05) is 18.3 Å². The number of nitrogens with zero attached hydrogens (tertiary/aromatic N) is 2. The smallest absolute Gasteiger partial charge is 0.413 e. The van der Waals surface area contributed by atoms with E-state index in [9.17, 15) is 4.79 Å². The summed E-state index contributed by atoms with van der Waals surface area (Å²) in [6, 6.07) is 3.89. The third-order valence-corrected chi connectivity index (χ3v) is 3.65. The van der Waals surface area contributed by atoms with Crippen LogP contribution in [0.2, 0.25) is 0 Å². The maximum Gasteiger partial charge on any atom is 0.413 e. The molecular weight excluding hydrogens is 324 g/mol. The number of H-pyrrole nitrogens is 1. The topological polar surface area (TPSA) is 79.9 Å². The number of pyridine rings is 1. The Kier molecular flexibility index (Phi) is 4.23. The summed E-state index contributed by atoms with van der Waals surface area (Å²) in [5.41, 5.74) is 2.68. The summed E-state index contributed by atoms with van der Waals surface area (Å²) in [6.07, 6.45) is 2.99. The van der Waals surface area contributed by atoms with Crippen molar-refractivity contribution in [2.24, 2.45) is 0 Å². The molecule has 3 aromatic heterocycles. The third kappa shape index (κ3) is 3.91. The van der Waals surface area contributed by atoms with Gasteiger partial charge in [-0.1, -0.05) is 5.92 Å². The highest BCUT2D eigenvalue weighted by Gasteiger charge is 2.17. The Labute approximate surface area is 143 Å². The SMILES string of the molecule is CC(C)(C)OC(=O)Nc1ncsc1C#Cc1cnc2[nH]ccc2c1. The number of carbonyl (C=O) groups is 1. The molecule has 24 heavy (non-hydrogen) atoms. The molecule has 0 unspecified atom stereocenters. The lowest BCUT2D eigenvalue weighted by atomic mass is 10.2. The van der Waals surface area contributed by atoms with Gasteiger partial charge in [-0.25, -0.2) is 14.8 Å². The first-order valence-electron chi connectivity index (χ1n) is 7.29. The molecule has 0 atom stereocenters. The number of hydrogen-bond donors (Lipinski definition) is 2. The number of fused-ring (bicyclic) bond motifs is 1. The van der Waals surface area contributed by atoms with Crippen molar-refractivity contribution in [3.63, 3.8) is 0 Å². The number of ether oxygens (including phenoxy) is 1. The summed E-state index contributed by atoms with van der Waals surface area (Å²) in [6.45, 7) is 5.41. The number of thiazole rings is 1. The van der Waals surface area contributed by atoms with Crippen LogP contribution in [0, 0.1) is 11.8 Å². The van der Waals surface area contributed by atoms with Crippen LogP contribution in [0.1, 0.15) is 31.2 Å². The van der Waals surface area contributed by atoms with E-state index in [1.165, 1.54) is 11.3 Å². The molecule has 3 rings (SSSR count). The molecule has 0 saturated carbocycles. The molecule has 2 N–H and O–H groups in total. The molecule has 122 valence electrons. The van der Waals surface area contributed by atoms with E-state index in [2.05, 4.69) is 32.1 Å². The van der Waals surface area contributed by atoms with Crippen molar-refractivity contribution < 1.29 is 9.53 Å². The first-order chi connectivity index (χ1) is 11.4. The first kappa shape index (κ1) is 16.0. The highest BCUT2D eigenvalue weighted by atomic mass is 32.1. The van der Waals surface area contributed by atoms with Crippen LogP contribution in [0.15, 0.2) is 30.0 Å². The van der Waals surface area contributed by atoms with Crippen LogP contribution in [0.3, 0.4) is 0 Å². The first-order valence-corrected chi connectivity index (χ1v) is 8.17. The fourth-order valence-corrected chi connectivity index (χ4v) is 2.55. The second kappa shape index (κ2) is 6.34. The second-order valence-electron chi connectivity index (χ2n) is 6.05. The van der Waals surface area contributed by atoms with E-state index in [-0.39, 0.29) is 0 Å². The maximum absolute atomic E-state index is 11.8. The van der Waals surface area contributed by atoms with E-state index in [0.717, 1.165) is 16.6 Å². The number of aromatic amines is 1. The lowest BCUT2D eigenvalue weighted by molar-refractivity contribution is 0.0635. The molecule has 0 fully saturated rings. The zero-order valence-corrected chi connectivity index (χ0v) is 14.3. The van der Waals surface area contributed by atoms with E-state index in [4.69, 9.17) is 4.74 Å². The van der Waals surface area contributed by atoms with E-state index >= 15 is 0 Å². The normalized spacial score (nSPS) is 11.0. The van der Waals surface area contributed by atoms with Crippen LogP contribution < -0.4 is 5.32 Å². The van der Waals surface area contributed by atoms with Crippen molar-refractivity contribution >= 4 is 34.3 Å². The fraction of sp³-hybridized carbons (Fsp3) is 0.235. The molecular formula is C17H16N4O2S. The van der Waals surface area contributed by atoms with Gasteiger partial charge in [-0.2, -0.15) is 0 Å². The number of carbonyl (C=O) groups excluding carboxylic acids is 1. The molecule has 0 aromatic carbocycles. The van der Waals surface area contributed by atoms with Gasteiger partial charge in [0.05, 0.1) is 5.51 Å². The van der Waals surface area contributed by atoms with Crippen LogP contribution in [-0.2, 0) is 4.74 Å². The monoisotopic (exact) mass is 340 g/mol. The minimum Gasteiger partial charge on any atom is -0.444 e. The lowest BCUT2D eigenvalue weighted by Gasteiger charge is -2.19. The maximum atomic E-state index is 11.8. The highest BCUT2D eigenvalue weighted by Crippen LogP contribution is 2.19. The Balaban J connectivity index is 1.77. The van der Waals surface area contributed by atoms with Crippen LogP contribution >= 0.6 is 11.3 Å². The highest BCUT2D eigenvalue weighted by molar-refractivity contribution is 7.10. The predicted octanol–water partition coefficient (Wildman–Crippen LogP) is 3.77. The molecule has 1 amide bonds. The summed E-state index contributed by atoms with van der Waals surface area (Å²) >= 11 is 1.35. The van der Waals surface area contributed by atoms with Crippen LogP contribution in [-0.4, -0.2) is 26.6 Å². The van der Waals surface area contributed by atoms with E-state index < -0.39 is 11.7 Å². The average Bonchev–Trinajstić information content (AvgIpc) is 3.11. The molecule has 0 spiro atoms. The molecule has 0 radical (unpaired) electrons. The number of amides is 1. The summed E-state index contributed by atoms with van der Waals surface area (Å²) in [4.78, 5) is 24.0. The molecule has 3 heterocycles. The Morgan fingerprint density at radius 1 is 1.33 bits per heavy atom. The van der Waals surface area contributed by atoms with E-state index in [0.29, 0.717) is 10.7 Å². The summed E-state index contributed by atoms with van der Waals surface area (Å²) < 4.78 is 5.22. The summed E-state index contributed by atoms with van der Waals surface area (Å²) in [5.74, 6) is 6.46. The molecule has 0 aliphatic rings. The quantitative estimate of drug-likeness (QED) is 0.661. The lowest BCUT2D eigenvalue weighted by Crippen LogP contribution is -2.27. The largest absolute Gasteiger partial charge is 0.444 e. The Morgan fingerprint density at radius 2 is 2.17 bits per heavy atom. The Morgan fingerprint density at radius 3 is 2.96 bits per heavy atom. The molecule has 0 aliphatic heterocycles. The molecule has 0 bridgehead atoms. The van der Waals surface area contributed by atoms with Gasteiger partial charge in [0.15, 0.2) is 5.82 Å². The van der Waals surface area contributed by atoms with Crippen molar-refractivity contribution in [1.82, 2.24) is 15.0 Å². The van der Waals surface area contributed by atoms with Crippen molar-refractivity contribution in [3.05, 3.63) is 40.5 Å². The van der Waals surface area contributed by atoms with Crippen LogP contribution in [0.4, 0.5) is 10.6 Å². The van der Waals surface area contributed by atoms with Gasteiger partial charge >= 0.3 is 6.09 Å². The third-order valence-electron chi connectivity index (χ3n) is 2.91. The molecule has 7 heteroatoms. The van der Waals surface area contributed by atoms with Crippen molar-refractivity contribution in [1.29, 1.82) is 0 Å². The zero-order valence-electron chi connectivity index (χ0n) is 13.5. The van der Waals surface area contributed by atoms with Gasteiger partial charge in [0.2, 0.25) is 0 Å². The second-order valence-corrected chi connectivity index (χ2v) is 6.90. The van der Waals surface area contributed by atoms with Crippen molar-refractivity contribution in [2.45, 2.75) is 26.4 Å². The minimum absolute atomic E-state index is 0.400. The number of hydrogen-bond acceptors (Lipinski definition) is 5. The van der Waals surface area contributed by atoms with Crippen molar-refractivity contribution in [2.75, 3.05) is 5.32 Å². The summed E-state index contributed by atoms with van der Waals surface area (Å²) in [7, 11) is 0. The van der Waals surface area contributed by atoms with Gasteiger partial charge < -0.3 is 9.72 Å². The molecule has 6 nitrogen and oxygen atoms in total. The fourth-order valence-electron chi connectivity index (χ4n) is 1.96. The summed E-state index contributed by atoms with van der Waals surface area (Å²) in [5, 5.41) is 3.62. The van der Waals surface area contributed by atoms with Gasteiger partial charge in [-0.05, 0) is 38.8 Å². The number of rotatable bonds is 1. The molecule has 3 aromatic rings. The van der Waals surface area contributed by atoms with Gasteiger partial charge in [0.25, 0.3) is 0 Å². The van der Waals surface area contributed by atoms with Gasteiger partial charge in [0.1, 0.15) is 16.1 Å². The van der Waals surface area contributed by atoms with Gasteiger partial charge in [0, 0.05) is 23.3 Å². The van der Waals surface area contributed by atoms with Crippen LogP contribution in [0.5, 0.6) is 0 Å². The molecule has 0 aliphatic carbocycles. The standard InChI is InChI=1S/C17H16N4O2S/c1-17(2,3)23-16(22)21-15-13(24-10-20-15)5-4-11-8-12-6-7-18-14(12)19-9-11/h6-10H,1-3H3,(H,18,19)(H,21,22). The number of nitrogens with one attached hydrogen (secondary N) is 2. The van der Waals surface area contributed by atoms with Crippen LogP contribution in [0.25, 0.3) is 11.0 Å². The van der Waals surface area contributed by atoms with E-state index in [1.54, 1.807) is 32.5 Å². The minimum atomic E-state index is -0.566.